The van der Waals surface area contributed by atoms with Crippen LogP contribution in [0.25, 0.3) is 6.08 Å². The number of thiocarbonyl (C=S) groups is 1. The molecule has 23 heavy (non-hydrogen) atoms. The Morgan fingerprint density at radius 1 is 1.13 bits per heavy atom. The quantitative estimate of drug-likeness (QED) is 0.654. The van der Waals surface area contributed by atoms with Gasteiger partial charge in [0.1, 0.15) is 5.70 Å². The monoisotopic (exact) mass is 362 g/mol. The van der Waals surface area contributed by atoms with E-state index in [9.17, 15) is 4.79 Å². The first-order valence-corrected chi connectivity index (χ1v) is 8.04. The first-order chi connectivity index (χ1) is 11.0. The smallest absolute Gasteiger partial charge is 0.276 e. The molecule has 6 heteroatoms. The van der Waals surface area contributed by atoms with E-state index in [1.165, 1.54) is 4.90 Å². The van der Waals surface area contributed by atoms with Crippen molar-refractivity contribution >= 4 is 52.5 Å². The highest BCUT2D eigenvalue weighted by Crippen LogP contribution is 2.22. The number of halogens is 2. The first kappa shape index (κ1) is 16.0. The van der Waals surface area contributed by atoms with Gasteiger partial charge in [0.05, 0.1) is 6.54 Å². The Bertz CT molecular complexity index is 820. The summed E-state index contributed by atoms with van der Waals surface area (Å²) < 4.78 is 0. The fourth-order valence-corrected chi connectivity index (χ4v) is 2.93. The van der Waals surface area contributed by atoms with Crippen LogP contribution in [0.4, 0.5) is 0 Å². The summed E-state index contributed by atoms with van der Waals surface area (Å²) in [4.78, 5) is 14.0. The van der Waals surface area contributed by atoms with Gasteiger partial charge in [-0.25, -0.2) is 0 Å². The van der Waals surface area contributed by atoms with Crippen LogP contribution < -0.4 is 5.32 Å². The second-order valence-corrected chi connectivity index (χ2v) is 6.26. The Morgan fingerprint density at radius 2 is 1.91 bits per heavy atom. The summed E-state index contributed by atoms with van der Waals surface area (Å²) in [6, 6.07) is 14.6. The van der Waals surface area contributed by atoms with Crippen LogP contribution in [0, 0.1) is 0 Å². The zero-order chi connectivity index (χ0) is 16.4. The van der Waals surface area contributed by atoms with Gasteiger partial charge in [-0.2, -0.15) is 0 Å². The van der Waals surface area contributed by atoms with Gasteiger partial charge in [0.15, 0.2) is 5.11 Å². The van der Waals surface area contributed by atoms with E-state index < -0.39 is 0 Å². The molecule has 0 atom stereocenters. The minimum absolute atomic E-state index is 0.185. The molecule has 2 aromatic carbocycles. The third kappa shape index (κ3) is 3.55. The van der Waals surface area contributed by atoms with Gasteiger partial charge < -0.3 is 5.32 Å². The zero-order valence-electron chi connectivity index (χ0n) is 11.9. The first-order valence-electron chi connectivity index (χ1n) is 6.88. The van der Waals surface area contributed by atoms with Gasteiger partial charge >= 0.3 is 0 Å². The fraction of sp³-hybridized carbons (Fsp3) is 0.0588. The van der Waals surface area contributed by atoms with Crippen molar-refractivity contribution in [3.05, 3.63) is 75.4 Å². The van der Waals surface area contributed by atoms with E-state index in [-0.39, 0.29) is 5.91 Å². The van der Waals surface area contributed by atoms with Crippen molar-refractivity contribution in [3.8, 4) is 0 Å². The highest BCUT2D eigenvalue weighted by Gasteiger charge is 2.30. The van der Waals surface area contributed by atoms with Crippen molar-refractivity contribution in [3.63, 3.8) is 0 Å². The third-order valence-electron chi connectivity index (χ3n) is 3.41. The molecule has 1 saturated heterocycles. The molecule has 1 fully saturated rings. The number of rotatable bonds is 3. The Hall–Kier alpha value is -1.88. The van der Waals surface area contributed by atoms with Crippen molar-refractivity contribution in [1.29, 1.82) is 0 Å². The average Bonchev–Trinajstić information content (AvgIpc) is 2.77. The molecule has 0 aliphatic carbocycles. The molecule has 1 heterocycles. The number of carbonyl (C=O) groups is 1. The van der Waals surface area contributed by atoms with Crippen LogP contribution in [0.15, 0.2) is 54.2 Å². The summed E-state index contributed by atoms with van der Waals surface area (Å²) in [6.45, 7) is 0.331. The molecule has 1 aliphatic rings. The predicted octanol–water partition coefficient (Wildman–Crippen LogP) is 4.25. The Balaban J connectivity index is 1.84. The van der Waals surface area contributed by atoms with E-state index >= 15 is 0 Å². The molecule has 0 saturated carbocycles. The molecule has 2 aromatic rings. The van der Waals surface area contributed by atoms with E-state index in [2.05, 4.69) is 5.32 Å². The molecule has 116 valence electrons. The van der Waals surface area contributed by atoms with Gasteiger partial charge in [0.25, 0.3) is 5.91 Å². The maximum atomic E-state index is 12.6. The van der Waals surface area contributed by atoms with Crippen molar-refractivity contribution in [2.75, 3.05) is 0 Å². The number of benzene rings is 2. The molecule has 1 aliphatic heterocycles. The predicted molar refractivity (Wildman–Crippen MR) is 97.2 cm³/mol. The number of amides is 1. The topological polar surface area (TPSA) is 32.3 Å². The summed E-state index contributed by atoms with van der Waals surface area (Å²) in [6.07, 6.45) is 1.73. The van der Waals surface area contributed by atoms with Gasteiger partial charge in [-0.1, -0.05) is 53.5 Å². The highest BCUT2D eigenvalue weighted by molar-refractivity contribution is 7.80. The van der Waals surface area contributed by atoms with Crippen molar-refractivity contribution < 1.29 is 4.79 Å². The highest BCUT2D eigenvalue weighted by atomic mass is 35.5. The maximum Gasteiger partial charge on any atom is 0.276 e. The Morgan fingerprint density at radius 3 is 2.65 bits per heavy atom. The van der Waals surface area contributed by atoms with E-state index in [1.54, 1.807) is 24.3 Å². The largest absolute Gasteiger partial charge is 0.328 e. The minimum atomic E-state index is -0.185. The summed E-state index contributed by atoms with van der Waals surface area (Å²) in [5, 5.41) is 4.53. The minimum Gasteiger partial charge on any atom is -0.328 e. The van der Waals surface area contributed by atoms with Gasteiger partial charge in [-0.3, -0.25) is 9.69 Å². The summed E-state index contributed by atoms with van der Waals surface area (Å²) in [5.41, 5.74) is 2.09. The lowest BCUT2D eigenvalue weighted by atomic mass is 10.2. The van der Waals surface area contributed by atoms with E-state index in [0.29, 0.717) is 27.4 Å². The Kier molecular flexibility index (Phi) is 4.66. The van der Waals surface area contributed by atoms with Crippen LogP contribution in [-0.4, -0.2) is 15.9 Å². The van der Waals surface area contributed by atoms with Gasteiger partial charge in [-0.15, -0.1) is 0 Å². The van der Waals surface area contributed by atoms with Crippen LogP contribution in [0.2, 0.25) is 10.0 Å². The molecule has 1 amide bonds. The number of nitrogens with one attached hydrogen (secondary N) is 1. The number of carbonyl (C=O) groups excluding carboxylic acids is 1. The second kappa shape index (κ2) is 6.71. The number of hydrogen-bond acceptors (Lipinski definition) is 2. The molecule has 0 bridgehead atoms. The van der Waals surface area contributed by atoms with Crippen LogP contribution in [0.5, 0.6) is 0 Å². The van der Waals surface area contributed by atoms with E-state index in [4.69, 9.17) is 35.4 Å². The fourth-order valence-electron chi connectivity index (χ4n) is 2.28. The van der Waals surface area contributed by atoms with Crippen LogP contribution in [0.3, 0.4) is 0 Å². The number of nitrogens with zero attached hydrogens (tertiary/aromatic N) is 1. The summed E-state index contributed by atoms with van der Waals surface area (Å²) in [5.74, 6) is -0.185. The lowest BCUT2D eigenvalue weighted by Crippen LogP contribution is -2.30. The van der Waals surface area contributed by atoms with Crippen LogP contribution in [0.1, 0.15) is 11.1 Å². The molecule has 3 rings (SSSR count). The summed E-state index contributed by atoms with van der Waals surface area (Å²) in [7, 11) is 0. The lowest BCUT2D eigenvalue weighted by Gasteiger charge is -2.14. The molecular formula is C17H12Cl2N2OS. The van der Waals surface area contributed by atoms with Crippen molar-refractivity contribution in [2.45, 2.75) is 6.54 Å². The standard InChI is InChI=1S/C17H12Cl2N2OS/c18-13-6-3-4-11(8-13)9-15-16(22)21(17(23)20-15)10-12-5-1-2-7-14(12)19/h1-9H,10H2,(H,20,23)/b15-9-. The van der Waals surface area contributed by atoms with Crippen molar-refractivity contribution in [1.82, 2.24) is 10.2 Å². The lowest BCUT2D eigenvalue weighted by molar-refractivity contribution is -0.122. The Labute approximate surface area is 149 Å². The maximum absolute atomic E-state index is 12.6. The third-order valence-corrected chi connectivity index (χ3v) is 4.33. The van der Waals surface area contributed by atoms with Crippen molar-refractivity contribution in [2.24, 2.45) is 0 Å². The molecular weight excluding hydrogens is 351 g/mol. The van der Waals surface area contributed by atoms with Gasteiger partial charge in [0.2, 0.25) is 0 Å². The summed E-state index contributed by atoms with van der Waals surface area (Å²) >= 11 is 17.4. The van der Waals surface area contributed by atoms with E-state index in [0.717, 1.165) is 11.1 Å². The molecule has 1 N–H and O–H groups in total. The molecule has 3 nitrogen and oxygen atoms in total. The molecule has 0 aromatic heterocycles. The molecule has 0 spiro atoms. The normalized spacial score (nSPS) is 16.1. The molecule has 0 unspecified atom stereocenters. The average molecular weight is 363 g/mol. The SMILES string of the molecule is O=C1/C(=C/c2cccc(Cl)c2)NC(=S)N1Cc1ccccc1Cl. The molecule has 0 radical (unpaired) electrons. The zero-order valence-corrected chi connectivity index (χ0v) is 14.3. The van der Waals surface area contributed by atoms with Gasteiger partial charge in [0, 0.05) is 10.0 Å². The second-order valence-electron chi connectivity index (χ2n) is 5.03. The van der Waals surface area contributed by atoms with Crippen LogP contribution in [-0.2, 0) is 11.3 Å². The van der Waals surface area contributed by atoms with E-state index in [1.807, 2.05) is 30.3 Å². The van der Waals surface area contributed by atoms with Crippen LogP contribution >= 0.6 is 35.4 Å². The van der Waals surface area contributed by atoms with Gasteiger partial charge in [-0.05, 0) is 47.6 Å². The number of hydrogen-bond donors (Lipinski definition) is 1.